The second kappa shape index (κ2) is 3.75. The minimum absolute atomic E-state index is 0.192. The largest absolute Gasteiger partial charge is 0.356 e. The average molecular weight is 222 g/mol. The maximum atomic E-state index is 11.7. The zero-order chi connectivity index (χ0) is 11.1. The van der Waals surface area contributed by atoms with E-state index in [-0.39, 0.29) is 17.7 Å². The molecule has 1 N–H and O–H groups in total. The molecule has 16 heavy (non-hydrogen) atoms. The highest BCUT2D eigenvalue weighted by molar-refractivity contribution is 5.81. The van der Waals surface area contributed by atoms with E-state index >= 15 is 0 Å². The zero-order valence-corrected chi connectivity index (χ0v) is 9.45. The van der Waals surface area contributed by atoms with Crippen LogP contribution < -0.4 is 5.32 Å². The number of hydrogen-bond donors (Lipinski definition) is 1. The van der Waals surface area contributed by atoms with E-state index in [1.807, 2.05) is 4.90 Å². The molecule has 0 bridgehead atoms. The van der Waals surface area contributed by atoms with Crippen LogP contribution in [0.2, 0.25) is 0 Å². The smallest absolute Gasteiger partial charge is 0.223 e. The highest BCUT2D eigenvalue weighted by Gasteiger charge is 2.39. The molecule has 1 aliphatic heterocycles. The van der Waals surface area contributed by atoms with Crippen LogP contribution in [0.15, 0.2) is 0 Å². The summed E-state index contributed by atoms with van der Waals surface area (Å²) in [6, 6.07) is 0.525. The van der Waals surface area contributed by atoms with E-state index in [1.165, 1.54) is 12.8 Å². The van der Waals surface area contributed by atoms with Crippen molar-refractivity contribution in [3.63, 3.8) is 0 Å². The van der Waals surface area contributed by atoms with Crippen LogP contribution in [0, 0.1) is 11.8 Å². The molecule has 4 nitrogen and oxygen atoms in total. The first-order valence-corrected chi connectivity index (χ1v) is 6.31. The fourth-order valence-electron chi connectivity index (χ4n) is 2.42. The summed E-state index contributed by atoms with van der Waals surface area (Å²) >= 11 is 0. The molecule has 0 aromatic rings. The molecular weight excluding hydrogens is 204 g/mol. The molecule has 2 saturated carbocycles. The Morgan fingerprint density at radius 3 is 2.69 bits per heavy atom. The first kappa shape index (κ1) is 10.1. The standard InChI is InChI=1S/C12H18N2O2/c15-11-5-8(7-14(11)10-3-4-10)6-13-12(16)9-1-2-9/h8-10H,1-7H2,(H,13,16). The van der Waals surface area contributed by atoms with Crippen LogP contribution in [0.3, 0.4) is 0 Å². The SMILES string of the molecule is O=C(NCC1CC(=O)N(C2CC2)C1)C1CC1. The molecule has 1 atom stereocenters. The average Bonchev–Trinajstić information content (AvgIpc) is 3.13. The predicted molar refractivity (Wildman–Crippen MR) is 58.6 cm³/mol. The van der Waals surface area contributed by atoms with Crippen LogP contribution in [0.25, 0.3) is 0 Å². The van der Waals surface area contributed by atoms with Crippen molar-refractivity contribution in [3.05, 3.63) is 0 Å². The van der Waals surface area contributed by atoms with E-state index in [0.717, 1.165) is 19.4 Å². The van der Waals surface area contributed by atoms with Crippen LogP contribution in [-0.4, -0.2) is 35.8 Å². The summed E-state index contributed by atoms with van der Waals surface area (Å²) < 4.78 is 0. The Morgan fingerprint density at radius 2 is 2.06 bits per heavy atom. The van der Waals surface area contributed by atoms with Gasteiger partial charge in [0.25, 0.3) is 0 Å². The van der Waals surface area contributed by atoms with Gasteiger partial charge in [0.2, 0.25) is 11.8 Å². The molecule has 0 spiro atoms. The van der Waals surface area contributed by atoms with E-state index in [0.29, 0.717) is 24.9 Å². The van der Waals surface area contributed by atoms with Gasteiger partial charge in [-0.2, -0.15) is 0 Å². The van der Waals surface area contributed by atoms with Crippen LogP contribution in [0.1, 0.15) is 32.1 Å². The van der Waals surface area contributed by atoms with Gasteiger partial charge >= 0.3 is 0 Å². The van der Waals surface area contributed by atoms with E-state index in [2.05, 4.69) is 5.32 Å². The van der Waals surface area contributed by atoms with Crippen molar-refractivity contribution in [2.45, 2.75) is 38.1 Å². The molecule has 88 valence electrons. The van der Waals surface area contributed by atoms with Gasteiger partial charge in [-0.05, 0) is 25.7 Å². The van der Waals surface area contributed by atoms with Gasteiger partial charge in [0, 0.05) is 37.4 Å². The summed E-state index contributed by atoms with van der Waals surface area (Å²) in [4.78, 5) is 25.1. The third-order valence-corrected chi connectivity index (χ3v) is 3.74. The van der Waals surface area contributed by atoms with Crippen molar-refractivity contribution >= 4 is 11.8 Å². The number of nitrogens with one attached hydrogen (secondary N) is 1. The number of carbonyl (C=O) groups excluding carboxylic acids is 2. The Morgan fingerprint density at radius 1 is 1.31 bits per heavy atom. The zero-order valence-electron chi connectivity index (χ0n) is 9.45. The molecule has 0 aromatic carbocycles. The van der Waals surface area contributed by atoms with Crippen LogP contribution in [0.5, 0.6) is 0 Å². The monoisotopic (exact) mass is 222 g/mol. The highest BCUT2D eigenvalue weighted by Crippen LogP contribution is 2.32. The van der Waals surface area contributed by atoms with Crippen molar-refractivity contribution in [1.82, 2.24) is 10.2 Å². The van der Waals surface area contributed by atoms with Crippen molar-refractivity contribution in [3.8, 4) is 0 Å². The minimum atomic E-state index is 0.192. The molecule has 2 amide bonds. The summed E-state index contributed by atoms with van der Waals surface area (Å²) in [5.74, 6) is 1.10. The maximum Gasteiger partial charge on any atom is 0.223 e. The lowest BCUT2D eigenvalue weighted by Crippen LogP contribution is -2.32. The summed E-state index contributed by atoms with van der Waals surface area (Å²) in [6.45, 7) is 1.54. The lowest BCUT2D eigenvalue weighted by molar-refractivity contribution is -0.128. The van der Waals surface area contributed by atoms with Gasteiger partial charge in [-0.15, -0.1) is 0 Å². The minimum Gasteiger partial charge on any atom is -0.356 e. The molecule has 1 unspecified atom stereocenters. The molecule has 3 aliphatic rings. The van der Waals surface area contributed by atoms with E-state index in [1.54, 1.807) is 0 Å². The Kier molecular flexibility index (Phi) is 2.37. The van der Waals surface area contributed by atoms with Crippen LogP contribution >= 0.6 is 0 Å². The Balaban J connectivity index is 1.45. The number of nitrogens with zero attached hydrogens (tertiary/aromatic N) is 1. The normalized spacial score (nSPS) is 29.6. The summed E-state index contributed by atoms with van der Waals surface area (Å²) in [6.07, 6.45) is 5.06. The molecule has 3 rings (SSSR count). The number of amides is 2. The highest BCUT2D eigenvalue weighted by atomic mass is 16.2. The van der Waals surface area contributed by atoms with Gasteiger partial charge in [-0.1, -0.05) is 0 Å². The fourth-order valence-corrected chi connectivity index (χ4v) is 2.42. The molecule has 2 aliphatic carbocycles. The number of rotatable bonds is 4. The van der Waals surface area contributed by atoms with E-state index in [4.69, 9.17) is 0 Å². The van der Waals surface area contributed by atoms with Crippen LogP contribution in [0.4, 0.5) is 0 Å². The second-order valence-corrected chi connectivity index (χ2v) is 5.37. The van der Waals surface area contributed by atoms with Gasteiger partial charge in [-0.3, -0.25) is 9.59 Å². The molecular formula is C12H18N2O2. The van der Waals surface area contributed by atoms with Gasteiger partial charge in [0.1, 0.15) is 0 Å². The summed E-state index contributed by atoms with van der Waals surface area (Å²) in [5, 5.41) is 2.97. The van der Waals surface area contributed by atoms with Crippen molar-refractivity contribution in [1.29, 1.82) is 0 Å². The second-order valence-electron chi connectivity index (χ2n) is 5.37. The van der Waals surface area contributed by atoms with Crippen molar-refractivity contribution < 1.29 is 9.59 Å². The molecule has 3 fully saturated rings. The first-order chi connectivity index (χ1) is 7.74. The van der Waals surface area contributed by atoms with Gasteiger partial charge in [0.05, 0.1) is 0 Å². The Labute approximate surface area is 95.4 Å². The number of likely N-dealkylation sites (tertiary alicyclic amines) is 1. The lowest BCUT2D eigenvalue weighted by Gasteiger charge is -2.15. The van der Waals surface area contributed by atoms with E-state index < -0.39 is 0 Å². The van der Waals surface area contributed by atoms with Crippen molar-refractivity contribution in [2.75, 3.05) is 13.1 Å². The Hall–Kier alpha value is -1.06. The Bertz CT molecular complexity index is 321. The third kappa shape index (κ3) is 2.06. The lowest BCUT2D eigenvalue weighted by atomic mass is 10.1. The topological polar surface area (TPSA) is 49.4 Å². The number of hydrogen-bond acceptors (Lipinski definition) is 2. The van der Waals surface area contributed by atoms with Gasteiger partial charge in [-0.25, -0.2) is 0 Å². The first-order valence-electron chi connectivity index (χ1n) is 6.31. The molecule has 0 aromatic heterocycles. The predicted octanol–water partition coefficient (Wildman–Crippen LogP) is 0.523. The van der Waals surface area contributed by atoms with Gasteiger partial charge in [0.15, 0.2) is 0 Å². The fraction of sp³-hybridized carbons (Fsp3) is 0.833. The molecule has 1 heterocycles. The maximum absolute atomic E-state index is 11.7. The summed E-state index contributed by atoms with van der Waals surface area (Å²) in [5.41, 5.74) is 0. The van der Waals surface area contributed by atoms with E-state index in [9.17, 15) is 9.59 Å². The van der Waals surface area contributed by atoms with Crippen molar-refractivity contribution in [2.24, 2.45) is 11.8 Å². The quantitative estimate of drug-likeness (QED) is 0.754. The molecule has 0 radical (unpaired) electrons. The van der Waals surface area contributed by atoms with Gasteiger partial charge < -0.3 is 10.2 Å². The summed E-state index contributed by atoms with van der Waals surface area (Å²) in [7, 11) is 0. The third-order valence-electron chi connectivity index (χ3n) is 3.74. The van der Waals surface area contributed by atoms with Crippen LogP contribution in [-0.2, 0) is 9.59 Å². The molecule has 4 heteroatoms. The molecule has 1 saturated heterocycles. The number of carbonyl (C=O) groups is 2.